The zero-order chi connectivity index (χ0) is 14.5. The lowest BCUT2D eigenvalue weighted by molar-refractivity contribution is -0.135. The Labute approximate surface area is 122 Å². The van der Waals surface area contributed by atoms with Gasteiger partial charge in [0.05, 0.1) is 0 Å². The Kier molecular flexibility index (Phi) is 5.44. The summed E-state index contributed by atoms with van der Waals surface area (Å²) in [6.45, 7) is 6.72. The van der Waals surface area contributed by atoms with Gasteiger partial charge in [-0.25, -0.2) is 0 Å². The third kappa shape index (κ3) is 3.97. The van der Waals surface area contributed by atoms with Gasteiger partial charge in [0, 0.05) is 32.0 Å². The quantitative estimate of drug-likeness (QED) is 0.811. The summed E-state index contributed by atoms with van der Waals surface area (Å²) in [6.07, 6.45) is 5.81. The molecule has 0 bridgehead atoms. The lowest BCUT2D eigenvalue weighted by atomic mass is 9.81. The Bertz CT molecular complexity index is 352. The maximum absolute atomic E-state index is 12.1. The van der Waals surface area contributed by atoms with Crippen molar-refractivity contribution in [2.45, 2.75) is 52.4 Å². The first-order valence-electron chi connectivity index (χ1n) is 8.21. The predicted octanol–water partition coefficient (Wildman–Crippen LogP) is 2.19. The molecule has 2 amide bonds. The van der Waals surface area contributed by atoms with Crippen molar-refractivity contribution < 1.29 is 9.59 Å². The highest BCUT2D eigenvalue weighted by Crippen LogP contribution is 2.35. The largest absolute Gasteiger partial charge is 0.356 e. The van der Waals surface area contributed by atoms with E-state index in [4.69, 9.17) is 0 Å². The molecule has 1 heterocycles. The summed E-state index contributed by atoms with van der Waals surface area (Å²) in [4.78, 5) is 26.1. The van der Waals surface area contributed by atoms with Crippen LogP contribution in [0.5, 0.6) is 0 Å². The molecule has 1 N–H and O–H groups in total. The second-order valence-corrected chi connectivity index (χ2v) is 6.33. The average molecular weight is 280 g/mol. The van der Waals surface area contributed by atoms with Gasteiger partial charge < -0.3 is 10.2 Å². The van der Waals surface area contributed by atoms with Crippen LogP contribution < -0.4 is 5.32 Å². The van der Waals surface area contributed by atoms with Crippen molar-refractivity contribution >= 4 is 11.8 Å². The van der Waals surface area contributed by atoms with Gasteiger partial charge in [-0.15, -0.1) is 0 Å². The molecule has 0 spiro atoms. The molecule has 1 saturated heterocycles. The molecule has 4 heteroatoms. The van der Waals surface area contributed by atoms with E-state index in [0.717, 1.165) is 51.7 Å². The fourth-order valence-electron chi connectivity index (χ4n) is 3.18. The summed E-state index contributed by atoms with van der Waals surface area (Å²) in [7, 11) is 0. The third-order valence-electron chi connectivity index (χ3n) is 4.67. The van der Waals surface area contributed by atoms with Gasteiger partial charge in [-0.1, -0.05) is 20.3 Å². The number of rotatable bonds is 6. The fourth-order valence-corrected chi connectivity index (χ4v) is 3.18. The monoisotopic (exact) mass is 280 g/mol. The molecule has 2 rings (SSSR count). The number of piperidine rings is 1. The molecule has 114 valence electrons. The minimum absolute atomic E-state index is 0.178. The Hall–Kier alpha value is -1.06. The van der Waals surface area contributed by atoms with Crippen LogP contribution in [0.1, 0.15) is 52.4 Å². The van der Waals surface area contributed by atoms with E-state index in [0.29, 0.717) is 30.1 Å². The number of hydrogen-bond donors (Lipinski definition) is 1. The molecule has 2 atom stereocenters. The molecule has 1 aliphatic carbocycles. The van der Waals surface area contributed by atoms with E-state index in [1.165, 1.54) is 0 Å². The molecular weight excluding hydrogens is 252 g/mol. The van der Waals surface area contributed by atoms with Crippen LogP contribution in [-0.2, 0) is 9.59 Å². The molecule has 2 aliphatic rings. The molecule has 0 aromatic rings. The Morgan fingerprint density at radius 1 is 1.15 bits per heavy atom. The number of nitrogens with zero attached hydrogens (tertiary/aromatic N) is 1. The number of hydrogen-bond acceptors (Lipinski definition) is 2. The maximum atomic E-state index is 12.1. The van der Waals surface area contributed by atoms with Crippen molar-refractivity contribution in [2.24, 2.45) is 17.8 Å². The second kappa shape index (κ2) is 7.09. The minimum Gasteiger partial charge on any atom is -0.356 e. The number of likely N-dealkylation sites (tertiary alicyclic amines) is 1. The summed E-state index contributed by atoms with van der Waals surface area (Å²) in [6, 6.07) is 0. The average Bonchev–Trinajstić information content (AvgIpc) is 3.29. The normalized spacial score (nSPS) is 26.4. The van der Waals surface area contributed by atoms with Gasteiger partial charge >= 0.3 is 0 Å². The summed E-state index contributed by atoms with van der Waals surface area (Å²) < 4.78 is 0. The molecule has 2 fully saturated rings. The van der Waals surface area contributed by atoms with Gasteiger partial charge in [0.15, 0.2) is 0 Å². The van der Waals surface area contributed by atoms with Crippen molar-refractivity contribution in [3.63, 3.8) is 0 Å². The zero-order valence-corrected chi connectivity index (χ0v) is 12.9. The molecule has 1 saturated carbocycles. The summed E-state index contributed by atoms with van der Waals surface area (Å²) in [5.74, 6) is 1.78. The van der Waals surface area contributed by atoms with Gasteiger partial charge in [0.25, 0.3) is 0 Å². The molecule has 1 aliphatic heterocycles. The van der Waals surface area contributed by atoms with E-state index in [9.17, 15) is 9.59 Å². The van der Waals surface area contributed by atoms with E-state index in [-0.39, 0.29) is 5.91 Å². The zero-order valence-electron chi connectivity index (χ0n) is 12.9. The van der Waals surface area contributed by atoms with Crippen molar-refractivity contribution in [3.05, 3.63) is 0 Å². The first kappa shape index (κ1) is 15.3. The van der Waals surface area contributed by atoms with Crippen molar-refractivity contribution in [3.8, 4) is 0 Å². The molecule has 0 aromatic heterocycles. The number of carbonyl (C=O) groups excluding carboxylic acids is 2. The smallest absolute Gasteiger partial charge is 0.225 e. The van der Waals surface area contributed by atoms with Crippen LogP contribution >= 0.6 is 0 Å². The molecule has 0 radical (unpaired) electrons. The highest BCUT2D eigenvalue weighted by atomic mass is 16.2. The summed E-state index contributed by atoms with van der Waals surface area (Å²) >= 11 is 0. The van der Waals surface area contributed by atoms with Gasteiger partial charge in [-0.3, -0.25) is 9.59 Å². The molecular formula is C16H28N2O2. The SMILES string of the molecule is CCCNC(=O)CC1CCN(C(=O)C2CC2)CC1CC. The van der Waals surface area contributed by atoms with Gasteiger partial charge in [0.1, 0.15) is 0 Å². The van der Waals surface area contributed by atoms with Crippen LogP contribution in [-0.4, -0.2) is 36.3 Å². The standard InChI is InChI=1S/C16H28N2O2/c1-3-8-17-15(19)10-14-7-9-18(11-12(14)4-2)16(20)13-5-6-13/h12-14H,3-11H2,1-2H3,(H,17,19). The van der Waals surface area contributed by atoms with Crippen LogP contribution in [0.25, 0.3) is 0 Å². The summed E-state index contributed by atoms with van der Waals surface area (Å²) in [5, 5.41) is 2.97. The minimum atomic E-state index is 0.178. The van der Waals surface area contributed by atoms with E-state index in [1.807, 2.05) is 4.90 Å². The Morgan fingerprint density at radius 2 is 1.90 bits per heavy atom. The van der Waals surface area contributed by atoms with Crippen molar-refractivity contribution in [1.29, 1.82) is 0 Å². The van der Waals surface area contributed by atoms with Crippen LogP contribution in [0.4, 0.5) is 0 Å². The van der Waals surface area contributed by atoms with E-state index >= 15 is 0 Å². The van der Waals surface area contributed by atoms with E-state index in [2.05, 4.69) is 19.2 Å². The van der Waals surface area contributed by atoms with Crippen molar-refractivity contribution in [2.75, 3.05) is 19.6 Å². The molecule has 0 aromatic carbocycles. The van der Waals surface area contributed by atoms with Gasteiger partial charge in [0.2, 0.25) is 11.8 Å². The van der Waals surface area contributed by atoms with E-state index in [1.54, 1.807) is 0 Å². The Balaban J connectivity index is 1.82. The highest BCUT2D eigenvalue weighted by Gasteiger charge is 2.37. The van der Waals surface area contributed by atoms with Crippen molar-refractivity contribution in [1.82, 2.24) is 10.2 Å². The molecule has 2 unspecified atom stereocenters. The fraction of sp³-hybridized carbons (Fsp3) is 0.875. The first-order chi connectivity index (χ1) is 9.65. The first-order valence-corrected chi connectivity index (χ1v) is 8.21. The third-order valence-corrected chi connectivity index (χ3v) is 4.67. The van der Waals surface area contributed by atoms with Crippen LogP contribution in [0.2, 0.25) is 0 Å². The predicted molar refractivity (Wildman–Crippen MR) is 79.1 cm³/mol. The Morgan fingerprint density at radius 3 is 2.50 bits per heavy atom. The van der Waals surface area contributed by atoms with Crippen LogP contribution in [0, 0.1) is 17.8 Å². The number of amides is 2. The number of nitrogens with one attached hydrogen (secondary N) is 1. The van der Waals surface area contributed by atoms with Gasteiger partial charge in [-0.05, 0) is 37.5 Å². The molecule has 20 heavy (non-hydrogen) atoms. The van der Waals surface area contributed by atoms with Gasteiger partial charge in [-0.2, -0.15) is 0 Å². The lowest BCUT2D eigenvalue weighted by Gasteiger charge is -2.38. The van der Waals surface area contributed by atoms with E-state index < -0.39 is 0 Å². The van der Waals surface area contributed by atoms with Crippen LogP contribution in [0.15, 0.2) is 0 Å². The molecule has 4 nitrogen and oxygen atoms in total. The number of carbonyl (C=O) groups is 2. The topological polar surface area (TPSA) is 49.4 Å². The second-order valence-electron chi connectivity index (χ2n) is 6.33. The summed E-state index contributed by atoms with van der Waals surface area (Å²) in [5.41, 5.74) is 0. The lowest BCUT2D eigenvalue weighted by Crippen LogP contribution is -2.45. The van der Waals surface area contributed by atoms with Crippen LogP contribution in [0.3, 0.4) is 0 Å². The highest BCUT2D eigenvalue weighted by molar-refractivity contribution is 5.81. The maximum Gasteiger partial charge on any atom is 0.225 e.